The number of thioether (sulfide) groups is 1. The van der Waals surface area contributed by atoms with Gasteiger partial charge < -0.3 is 10.4 Å². The van der Waals surface area contributed by atoms with Crippen molar-refractivity contribution in [2.75, 3.05) is 11.6 Å². The van der Waals surface area contributed by atoms with Gasteiger partial charge in [0.25, 0.3) is 0 Å². The van der Waals surface area contributed by atoms with Crippen molar-refractivity contribution < 1.29 is 17.9 Å². The molecule has 0 amide bonds. The zero-order valence-corrected chi connectivity index (χ0v) is 17.1. The van der Waals surface area contributed by atoms with Gasteiger partial charge in [-0.15, -0.1) is 0 Å². The highest BCUT2D eigenvalue weighted by molar-refractivity contribution is 7.98. The van der Waals surface area contributed by atoms with Crippen molar-refractivity contribution in [3.8, 4) is 11.1 Å². The molecule has 0 fully saturated rings. The third kappa shape index (κ3) is 5.10. The number of aliphatic hydroxyl groups is 1. The van der Waals surface area contributed by atoms with Crippen LogP contribution in [0.5, 0.6) is 0 Å². The van der Waals surface area contributed by atoms with E-state index >= 15 is 0 Å². The summed E-state index contributed by atoms with van der Waals surface area (Å²) in [5, 5.41) is 18.2. The molecule has 4 N–H and O–H groups in total. The number of rotatable bonds is 7. The zero-order chi connectivity index (χ0) is 21.0. The molecule has 0 radical (unpaired) electrons. The van der Waals surface area contributed by atoms with Gasteiger partial charge in [-0.3, -0.25) is 0 Å². The lowest BCUT2D eigenvalue weighted by Gasteiger charge is -2.12. The van der Waals surface area contributed by atoms with Crippen molar-refractivity contribution in [2.24, 2.45) is 5.14 Å². The molecule has 152 valence electrons. The number of primary sulfonamides is 1. The van der Waals surface area contributed by atoms with E-state index in [0.29, 0.717) is 27.7 Å². The lowest BCUT2D eigenvalue weighted by Crippen LogP contribution is -2.12. The van der Waals surface area contributed by atoms with Crippen molar-refractivity contribution in [1.82, 2.24) is 9.97 Å². The van der Waals surface area contributed by atoms with Gasteiger partial charge in [0.15, 0.2) is 5.16 Å². The quantitative estimate of drug-likeness (QED) is 0.386. The standard InChI is InChI=1S/C19H19FN4O3S2/c1-28-19-23-10-14(11-25)18(24-19)22-9-12-5-6-16(17(20)7-12)13-3-2-4-15(8-13)29(21,26)27/h2-8,10,25H,9,11H2,1H3,(H2,21,26,27)(H,22,23,24). The first kappa shape index (κ1) is 21.2. The summed E-state index contributed by atoms with van der Waals surface area (Å²) in [6.45, 7) is 0.0664. The fraction of sp³-hybridized carbons (Fsp3) is 0.158. The van der Waals surface area contributed by atoms with Gasteiger partial charge in [-0.1, -0.05) is 36.0 Å². The van der Waals surface area contributed by atoms with E-state index in [-0.39, 0.29) is 23.6 Å². The van der Waals surface area contributed by atoms with Gasteiger partial charge in [0.1, 0.15) is 11.6 Å². The summed E-state index contributed by atoms with van der Waals surface area (Å²) in [4.78, 5) is 8.34. The predicted molar refractivity (Wildman–Crippen MR) is 110 cm³/mol. The number of benzene rings is 2. The molecular weight excluding hydrogens is 415 g/mol. The summed E-state index contributed by atoms with van der Waals surface area (Å²) in [6, 6.07) is 10.5. The molecule has 0 unspecified atom stereocenters. The topological polar surface area (TPSA) is 118 Å². The first-order valence-corrected chi connectivity index (χ1v) is 11.2. The first-order valence-electron chi connectivity index (χ1n) is 8.48. The average molecular weight is 435 g/mol. The Morgan fingerprint density at radius 2 is 2.03 bits per heavy atom. The molecule has 3 rings (SSSR count). The van der Waals surface area contributed by atoms with E-state index in [9.17, 15) is 17.9 Å². The fourth-order valence-electron chi connectivity index (χ4n) is 2.69. The maximum atomic E-state index is 14.7. The van der Waals surface area contributed by atoms with Gasteiger partial charge in [-0.05, 0) is 35.6 Å². The van der Waals surface area contributed by atoms with Crippen molar-refractivity contribution in [2.45, 2.75) is 23.2 Å². The number of nitrogens with two attached hydrogens (primary N) is 1. The Kier molecular flexibility index (Phi) is 6.48. The minimum atomic E-state index is -3.87. The molecule has 0 spiro atoms. The van der Waals surface area contributed by atoms with Gasteiger partial charge in [-0.25, -0.2) is 27.9 Å². The first-order chi connectivity index (χ1) is 13.8. The molecule has 0 saturated heterocycles. The van der Waals surface area contributed by atoms with Crippen LogP contribution in [-0.2, 0) is 23.2 Å². The Bertz CT molecular complexity index is 1140. The third-order valence-electron chi connectivity index (χ3n) is 4.16. The van der Waals surface area contributed by atoms with Crippen LogP contribution in [-0.4, -0.2) is 29.7 Å². The van der Waals surface area contributed by atoms with E-state index in [4.69, 9.17) is 5.14 Å². The summed E-state index contributed by atoms with van der Waals surface area (Å²) >= 11 is 1.37. The van der Waals surface area contributed by atoms with Crippen LogP contribution in [0.2, 0.25) is 0 Å². The monoisotopic (exact) mass is 434 g/mol. The number of halogens is 1. The number of sulfonamides is 1. The van der Waals surface area contributed by atoms with Crippen molar-refractivity contribution in [3.63, 3.8) is 0 Å². The second kappa shape index (κ2) is 8.87. The molecule has 0 saturated carbocycles. The molecule has 0 bridgehead atoms. The van der Waals surface area contributed by atoms with Crippen LogP contribution in [0.1, 0.15) is 11.1 Å². The normalized spacial score (nSPS) is 11.4. The summed E-state index contributed by atoms with van der Waals surface area (Å²) in [5.74, 6) is -0.0112. The Balaban J connectivity index is 1.82. The van der Waals surface area contributed by atoms with Gasteiger partial charge in [0, 0.05) is 23.9 Å². The largest absolute Gasteiger partial charge is 0.391 e. The molecule has 0 aliphatic heterocycles. The Morgan fingerprint density at radius 3 is 2.69 bits per heavy atom. The molecule has 29 heavy (non-hydrogen) atoms. The van der Waals surface area contributed by atoms with Gasteiger partial charge in [0.05, 0.1) is 11.5 Å². The van der Waals surface area contributed by atoms with Crippen molar-refractivity contribution in [1.29, 1.82) is 0 Å². The van der Waals surface area contributed by atoms with E-state index in [2.05, 4.69) is 15.3 Å². The molecule has 0 atom stereocenters. The van der Waals surface area contributed by atoms with Gasteiger partial charge in [-0.2, -0.15) is 0 Å². The van der Waals surface area contributed by atoms with Gasteiger partial charge in [0.2, 0.25) is 10.0 Å². The summed E-state index contributed by atoms with van der Waals surface area (Å²) < 4.78 is 37.7. The number of aliphatic hydroxyl groups excluding tert-OH is 1. The number of nitrogens with one attached hydrogen (secondary N) is 1. The predicted octanol–water partition coefficient (Wildman–Crippen LogP) is 2.76. The van der Waals surface area contributed by atoms with Crippen LogP contribution in [0.4, 0.5) is 10.2 Å². The van der Waals surface area contributed by atoms with Crippen LogP contribution in [0.15, 0.2) is 58.7 Å². The van der Waals surface area contributed by atoms with Crippen LogP contribution in [0.25, 0.3) is 11.1 Å². The maximum absolute atomic E-state index is 14.7. The van der Waals surface area contributed by atoms with Crippen LogP contribution < -0.4 is 10.5 Å². The van der Waals surface area contributed by atoms with E-state index in [1.807, 2.05) is 6.26 Å². The minimum absolute atomic E-state index is 0.0787. The highest BCUT2D eigenvalue weighted by atomic mass is 32.2. The zero-order valence-electron chi connectivity index (χ0n) is 15.5. The van der Waals surface area contributed by atoms with Crippen molar-refractivity contribution in [3.05, 3.63) is 65.6 Å². The molecular formula is C19H19FN4O3S2. The van der Waals surface area contributed by atoms with E-state index in [1.165, 1.54) is 36.0 Å². The van der Waals surface area contributed by atoms with E-state index in [0.717, 1.165) is 0 Å². The smallest absolute Gasteiger partial charge is 0.238 e. The molecule has 0 aliphatic rings. The number of hydrogen-bond acceptors (Lipinski definition) is 7. The SMILES string of the molecule is CSc1ncc(CO)c(NCc2ccc(-c3cccc(S(N)(=O)=O)c3)c(F)c2)n1. The van der Waals surface area contributed by atoms with Crippen LogP contribution in [0, 0.1) is 5.82 Å². The third-order valence-corrected chi connectivity index (χ3v) is 5.64. The van der Waals surface area contributed by atoms with E-state index in [1.54, 1.807) is 24.4 Å². The highest BCUT2D eigenvalue weighted by Gasteiger charge is 2.12. The highest BCUT2D eigenvalue weighted by Crippen LogP contribution is 2.26. The number of nitrogens with zero attached hydrogens (tertiary/aromatic N) is 2. The second-order valence-electron chi connectivity index (χ2n) is 6.13. The summed E-state index contributed by atoms with van der Waals surface area (Å²) in [6.07, 6.45) is 3.39. The molecule has 1 aromatic heterocycles. The molecule has 3 aromatic rings. The van der Waals surface area contributed by atoms with Crippen molar-refractivity contribution >= 4 is 27.6 Å². The number of hydrogen-bond donors (Lipinski definition) is 3. The lowest BCUT2D eigenvalue weighted by atomic mass is 10.0. The Labute approximate surface area is 172 Å². The molecule has 1 heterocycles. The Morgan fingerprint density at radius 1 is 1.24 bits per heavy atom. The lowest BCUT2D eigenvalue weighted by molar-refractivity contribution is 0.281. The average Bonchev–Trinajstić information content (AvgIpc) is 2.71. The van der Waals surface area contributed by atoms with Crippen LogP contribution >= 0.6 is 11.8 Å². The second-order valence-corrected chi connectivity index (χ2v) is 8.46. The molecule has 2 aromatic carbocycles. The molecule has 0 aliphatic carbocycles. The number of anilines is 1. The molecule has 7 nitrogen and oxygen atoms in total. The fourth-order valence-corrected chi connectivity index (χ4v) is 3.59. The molecule has 10 heteroatoms. The van der Waals surface area contributed by atoms with E-state index < -0.39 is 15.8 Å². The minimum Gasteiger partial charge on any atom is -0.391 e. The van der Waals surface area contributed by atoms with Crippen LogP contribution in [0.3, 0.4) is 0 Å². The maximum Gasteiger partial charge on any atom is 0.238 e. The Hall–Kier alpha value is -2.53. The number of aromatic nitrogens is 2. The summed E-state index contributed by atoms with van der Waals surface area (Å²) in [7, 11) is -3.87. The summed E-state index contributed by atoms with van der Waals surface area (Å²) in [5.41, 5.74) is 1.88. The van der Waals surface area contributed by atoms with Gasteiger partial charge >= 0.3 is 0 Å².